The van der Waals surface area contributed by atoms with E-state index in [1.54, 1.807) is 19.1 Å². The van der Waals surface area contributed by atoms with E-state index < -0.39 is 35.6 Å². The van der Waals surface area contributed by atoms with Crippen molar-refractivity contribution in [2.75, 3.05) is 32.8 Å². The van der Waals surface area contributed by atoms with Crippen LogP contribution in [-0.4, -0.2) is 60.1 Å². The van der Waals surface area contributed by atoms with Crippen LogP contribution in [0.25, 0.3) is 0 Å². The minimum atomic E-state index is -0.982. The van der Waals surface area contributed by atoms with Gasteiger partial charge in [0.25, 0.3) is 5.78 Å². The number of ketones is 1. The molecule has 0 saturated carbocycles. The highest BCUT2D eigenvalue weighted by atomic mass is 79.9. The van der Waals surface area contributed by atoms with Crippen LogP contribution in [0.3, 0.4) is 0 Å². The number of fused-ring (bicyclic) bond motifs is 3. The van der Waals surface area contributed by atoms with E-state index >= 15 is 0 Å². The van der Waals surface area contributed by atoms with Crippen LogP contribution in [0.1, 0.15) is 58.0 Å². The van der Waals surface area contributed by atoms with Crippen molar-refractivity contribution in [3.8, 4) is 0 Å². The van der Waals surface area contributed by atoms with Gasteiger partial charge in [0.1, 0.15) is 24.1 Å². The summed E-state index contributed by atoms with van der Waals surface area (Å²) in [4.78, 5) is 38.5. The summed E-state index contributed by atoms with van der Waals surface area (Å²) in [7, 11) is 0. The number of quaternary nitrogens is 1. The summed E-state index contributed by atoms with van der Waals surface area (Å²) in [5.74, 6) is -2.85. The molecule has 3 saturated heterocycles. The first kappa shape index (κ1) is 29.5. The molecule has 0 N–H and O–H groups in total. The fraction of sp³-hybridized carbons (Fsp3) is 0.379. The molecule has 3 aliphatic heterocycles. The van der Waals surface area contributed by atoms with E-state index in [-0.39, 0.29) is 53.3 Å². The predicted molar refractivity (Wildman–Crippen MR) is 133 cm³/mol. The zero-order valence-corrected chi connectivity index (χ0v) is 23.4. The molecule has 0 amide bonds. The average Bonchev–Trinajstić information content (AvgIpc) is 3.43. The number of rotatable bonds is 9. The third kappa shape index (κ3) is 6.31. The number of aromatic nitrogens is 1. The minimum absolute atomic E-state index is 0. The number of Topliss-reactive ketones (excluding diaryl/α,β-unsaturated/α-hetero) is 1. The van der Waals surface area contributed by atoms with Crippen molar-refractivity contribution in [1.29, 1.82) is 0 Å². The maximum atomic E-state index is 14.0. The number of ether oxygens (including phenoxy) is 2. The number of benzene rings is 2. The Bertz CT molecular complexity index is 1340. The third-order valence-corrected chi connectivity index (χ3v) is 7.69. The molecule has 6 rings (SSSR count). The Morgan fingerprint density at radius 1 is 1.02 bits per heavy atom. The Morgan fingerprint density at radius 3 is 2.23 bits per heavy atom. The lowest BCUT2D eigenvalue weighted by molar-refractivity contribution is -0.938. The molecule has 2 bridgehead atoms. The van der Waals surface area contributed by atoms with Crippen molar-refractivity contribution in [3.05, 3.63) is 88.8 Å². The zero-order valence-electron chi connectivity index (χ0n) is 21.9. The van der Waals surface area contributed by atoms with Crippen LogP contribution in [0.5, 0.6) is 0 Å². The second-order valence-electron chi connectivity index (χ2n) is 10.2. The Hall–Kier alpha value is -3.44. The number of esters is 2. The van der Waals surface area contributed by atoms with E-state index in [1.165, 1.54) is 42.5 Å². The van der Waals surface area contributed by atoms with E-state index in [0.29, 0.717) is 22.2 Å². The van der Waals surface area contributed by atoms with Crippen molar-refractivity contribution in [2.24, 2.45) is 11.8 Å². The molecule has 3 aromatic rings. The fourth-order valence-electron chi connectivity index (χ4n) is 5.74. The molecule has 0 radical (unpaired) electrons. The first-order valence-corrected chi connectivity index (χ1v) is 13.0. The number of carbonyl (C=O) groups excluding carboxylic acids is 3. The lowest BCUT2D eigenvalue weighted by Crippen LogP contribution is -3.00. The Labute approximate surface area is 240 Å². The fourth-order valence-corrected chi connectivity index (χ4v) is 5.74. The molecule has 3 aliphatic rings. The van der Waals surface area contributed by atoms with Crippen molar-refractivity contribution < 1.29 is 58.6 Å². The number of nitrogens with zero attached hydrogens (tertiary/aromatic N) is 2. The summed E-state index contributed by atoms with van der Waals surface area (Å²) in [6.45, 7) is 3.76. The van der Waals surface area contributed by atoms with Gasteiger partial charge in [0.05, 0.1) is 26.2 Å². The van der Waals surface area contributed by atoms with Crippen molar-refractivity contribution >= 4 is 17.7 Å². The van der Waals surface area contributed by atoms with Gasteiger partial charge in [-0.1, -0.05) is 29.4 Å². The van der Waals surface area contributed by atoms with Gasteiger partial charge in [-0.2, -0.15) is 0 Å². The molecule has 11 heteroatoms. The van der Waals surface area contributed by atoms with Crippen LogP contribution in [0.2, 0.25) is 0 Å². The van der Waals surface area contributed by atoms with Gasteiger partial charge in [-0.05, 0) is 48.2 Å². The van der Waals surface area contributed by atoms with E-state index in [2.05, 4.69) is 5.16 Å². The smallest absolute Gasteiger partial charge is 0.360 e. The number of hydrogen-bond acceptors (Lipinski definition) is 7. The van der Waals surface area contributed by atoms with Crippen LogP contribution in [0.4, 0.5) is 8.78 Å². The van der Waals surface area contributed by atoms with Gasteiger partial charge in [-0.3, -0.25) is 9.59 Å². The molecule has 2 aromatic carbocycles. The highest BCUT2D eigenvalue weighted by Crippen LogP contribution is 2.40. The van der Waals surface area contributed by atoms with E-state index in [4.69, 9.17) is 14.0 Å². The monoisotopic (exact) mass is 618 g/mol. The standard InChI is InChI=1S/C29H29F2N2O6.BrH/c1-2-37-29(36)24-15-26(39-32-24)25(34)17-33-11-9-18(10-12-33)23(16-33)28(35)38-27(19-5-3-7-21(30)13-19)20-6-4-8-22(31)14-20;/h3-8,13-15,18,23,27H,2,9-12,16-17H2,1H3;1H/q+1;/p-1. The summed E-state index contributed by atoms with van der Waals surface area (Å²) in [5, 5.41) is 3.65. The summed E-state index contributed by atoms with van der Waals surface area (Å²) >= 11 is 0. The maximum absolute atomic E-state index is 14.0. The van der Waals surface area contributed by atoms with E-state index in [9.17, 15) is 23.2 Å². The molecule has 8 nitrogen and oxygen atoms in total. The Kier molecular flexibility index (Phi) is 9.15. The van der Waals surface area contributed by atoms with Crippen molar-refractivity contribution in [1.82, 2.24) is 5.16 Å². The lowest BCUT2D eigenvalue weighted by atomic mass is 9.77. The number of carbonyl (C=O) groups is 3. The summed E-state index contributed by atoms with van der Waals surface area (Å²) in [5.41, 5.74) is 0.730. The van der Waals surface area contributed by atoms with Gasteiger partial charge in [-0.15, -0.1) is 0 Å². The van der Waals surface area contributed by atoms with Gasteiger partial charge < -0.3 is 35.5 Å². The Balaban J connectivity index is 0.00000370. The molecule has 0 spiro atoms. The summed E-state index contributed by atoms with van der Waals surface area (Å²) in [6.07, 6.45) is 0.495. The zero-order chi connectivity index (χ0) is 27.6. The lowest BCUT2D eigenvalue weighted by Gasteiger charge is -2.51. The number of halogens is 3. The predicted octanol–water partition coefficient (Wildman–Crippen LogP) is 1.51. The molecular weight excluding hydrogens is 590 g/mol. The SMILES string of the molecule is CCOC(=O)c1cc(C(=O)C[N+]23CCC(CC2)C(C(=O)OC(c2cccc(F)c2)c2cccc(F)c2)C3)on1.[Br-]. The quantitative estimate of drug-likeness (QED) is 0.204. The summed E-state index contributed by atoms with van der Waals surface area (Å²) < 4.78 is 44.5. The average molecular weight is 619 g/mol. The largest absolute Gasteiger partial charge is 1.00 e. The van der Waals surface area contributed by atoms with Gasteiger partial charge in [0.15, 0.2) is 11.8 Å². The second kappa shape index (κ2) is 12.4. The Morgan fingerprint density at radius 2 is 1.65 bits per heavy atom. The van der Waals surface area contributed by atoms with Crippen LogP contribution >= 0.6 is 0 Å². The minimum Gasteiger partial charge on any atom is -1.00 e. The topological polar surface area (TPSA) is 95.7 Å². The van der Waals surface area contributed by atoms with Gasteiger partial charge in [0.2, 0.25) is 5.76 Å². The van der Waals surface area contributed by atoms with Gasteiger partial charge in [0, 0.05) is 18.9 Å². The van der Waals surface area contributed by atoms with Crippen molar-refractivity contribution in [2.45, 2.75) is 25.9 Å². The maximum Gasteiger partial charge on any atom is 0.360 e. The molecular formula is C29H29BrF2N2O6. The van der Waals surface area contributed by atoms with E-state index in [1.807, 2.05) is 0 Å². The molecule has 4 heterocycles. The van der Waals surface area contributed by atoms with Gasteiger partial charge >= 0.3 is 11.9 Å². The molecule has 1 unspecified atom stereocenters. The molecule has 1 atom stereocenters. The summed E-state index contributed by atoms with van der Waals surface area (Å²) in [6, 6.07) is 12.7. The van der Waals surface area contributed by atoms with E-state index in [0.717, 1.165) is 25.9 Å². The van der Waals surface area contributed by atoms with Crippen LogP contribution < -0.4 is 17.0 Å². The van der Waals surface area contributed by atoms with Crippen LogP contribution in [0, 0.1) is 23.5 Å². The molecule has 40 heavy (non-hydrogen) atoms. The molecule has 3 fully saturated rings. The molecule has 0 aliphatic carbocycles. The highest BCUT2D eigenvalue weighted by molar-refractivity contribution is 5.97. The third-order valence-electron chi connectivity index (χ3n) is 7.69. The van der Waals surface area contributed by atoms with Gasteiger partial charge in [-0.25, -0.2) is 13.6 Å². The van der Waals surface area contributed by atoms with Crippen molar-refractivity contribution in [3.63, 3.8) is 0 Å². The molecule has 212 valence electrons. The number of hydrogen-bond donors (Lipinski definition) is 0. The number of piperidine rings is 3. The van der Waals surface area contributed by atoms with Crippen LogP contribution in [-0.2, 0) is 14.3 Å². The first-order chi connectivity index (χ1) is 18.8. The van der Waals surface area contributed by atoms with Crippen LogP contribution in [0.15, 0.2) is 59.1 Å². The normalized spacial score (nSPS) is 21.5. The highest BCUT2D eigenvalue weighted by Gasteiger charge is 2.50. The first-order valence-electron chi connectivity index (χ1n) is 13.0. The second-order valence-corrected chi connectivity index (χ2v) is 10.2. The molecule has 1 aromatic heterocycles.